The lowest BCUT2D eigenvalue weighted by Crippen LogP contribution is -2.07. The predicted molar refractivity (Wildman–Crippen MR) is 107 cm³/mol. The van der Waals surface area contributed by atoms with Crippen LogP contribution in [0.1, 0.15) is 54.4 Å². The molecule has 26 heavy (non-hydrogen) atoms. The Morgan fingerprint density at radius 2 is 1.77 bits per heavy atom. The summed E-state index contributed by atoms with van der Waals surface area (Å²) < 4.78 is 0. The molecule has 1 fully saturated rings. The molecule has 1 saturated carbocycles. The molecule has 2 heteroatoms. The van der Waals surface area contributed by atoms with Crippen LogP contribution >= 0.6 is 0 Å². The monoisotopic (exact) mass is 343 g/mol. The first-order valence-electron chi connectivity index (χ1n) is 9.77. The van der Waals surface area contributed by atoms with Crippen molar-refractivity contribution in [2.75, 3.05) is 0 Å². The molecule has 0 amide bonds. The maximum atomic E-state index is 11.3. The van der Waals surface area contributed by atoms with Gasteiger partial charge in [0.1, 0.15) is 0 Å². The van der Waals surface area contributed by atoms with Crippen LogP contribution in [-0.4, -0.2) is 11.3 Å². The van der Waals surface area contributed by atoms with Crippen LogP contribution in [0.4, 0.5) is 0 Å². The molecule has 0 N–H and O–H groups in total. The molecule has 1 heterocycles. The Hall–Kier alpha value is -2.48. The molecule has 4 rings (SSSR count). The fourth-order valence-corrected chi connectivity index (χ4v) is 4.24. The number of aldehydes is 1. The van der Waals surface area contributed by atoms with E-state index in [-0.39, 0.29) is 0 Å². The third-order valence-corrected chi connectivity index (χ3v) is 5.76. The highest BCUT2D eigenvalue weighted by molar-refractivity contribution is 6.03. The van der Waals surface area contributed by atoms with E-state index in [0.717, 1.165) is 28.7 Å². The average molecular weight is 343 g/mol. The fraction of sp³-hybridized carbons (Fsp3) is 0.333. The number of benzene rings is 2. The molecule has 1 aliphatic rings. The maximum absolute atomic E-state index is 11.3. The van der Waals surface area contributed by atoms with E-state index in [0.29, 0.717) is 5.56 Å². The Labute approximate surface area is 155 Å². The third kappa shape index (κ3) is 3.55. The van der Waals surface area contributed by atoms with Gasteiger partial charge in [0, 0.05) is 17.1 Å². The predicted octanol–water partition coefficient (Wildman–Crippen LogP) is 6.23. The van der Waals surface area contributed by atoms with E-state index in [9.17, 15) is 4.79 Å². The zero-order valence-electron chi connectivity index (χ0n) is 15.2. The summed E-state index contributed by atoms with van der Waals surface area (Å²) in [5, 5.41) is 1.03. The van der Waals surface area contributed by atoms with Crippen LogP contribution in [0.5, 0.6) is 0 Å². The van der Waals surface area contributed by atoms with Gasteiger partial charge in [-0.1, -0.05) is 68.5 Å². The van der Waals surface area contributed by atoms with Crippen LogP contribution in [0, 0.1) is 5.92 Å². The number of hydrogen-bond acceptors (Lipinski definition) is 2. The van der Waals surface area contributed by atoms with Gasteiger partial charge in [0.05, 0.1) is 5.52 Å². The maximum Gasteiger partial charge on any atom is 0.152 e. The van der Waals surface area contributed by atoms with Gasteiger partial charge in [-0.2, -0.15) is 0 Å². The highest BCUT2D eigenvalue weighted by Gasteiger charge is 2.13. The first-order valence-corrected chi connectivity index (χ1v) is 9.77. The summed E-state index contributed by atoms with van der Waals surface area (Å²) in [5.74, 6) is 0.925. The molecule has 1 aromatic heterocycles. The van der Waals surface area contributed by atoms with Gasteiger partial charge >= 0.3 is 0 Å². The number of rotatable bonds is 5. The molecule has 0 atom stereocenters. The number of pyridine rings is 1. The number of fused-ring (bicyclic) bond motifs is 1. The van der Waals surface area contributed by atoms with Gasteiger partial charge in [-0.25, -0.2) is 0 Å². The zero-order chi connectivity index (χ0) is 17.8. The summed E-state index contributed by atoms with van der Waals surface area (Å²) in [6, 6.07) is 16.8. The molecule has 0 radical (unpaired) electrons. The second-order valence-electron chi connectivity index (χ2n) is 7.46. The van der Waals surface area contributed by atoms with Gasteiger partial charge in [-0.05, 0) is 47.6 Å². The normalized spacial score (nSPS) is 15.2. The summed E-state index contributed by atoms with van der Waals surface area (Å²) in [6.45, 7) is 0. The zero-order valence-corrected chi connectivity index (χ0v) is 15.2. The lowest BCUT2D eigenvalue weighted by Gasteiger charge is -2.21. The third-order valence-electron chi connectivity index (χ3n) is 5.76. The highest BCUT2D eigenvalue weighted by Crippen LogP contribution is 2.31. The van der Waals surface area contributed by atoms with E-state index in [1.165, 1.54) is 56.1 Å². The molecule has 2 nitrogen and oxygen atoms in total. The highest BCUT2D eigenvalue weighted by atomic mass is 16.1. The Balaban J connectivity index is 1.55. The second kappa shape index (κ2) is 7.82. The molecular weight excluding hydrogens is 318 g/mol. The van der Waals surface area contributed by atoms with Gasteiger partial charge in [0.15, 0.2) is 6.29 Å². The molecule has 0 saturated heterocycles. The second-order valence-corrected chi connectivity index (χ2v) is 7.46. The summed E-state index contributed by atoms with van der Waals surface area (Å²) in [6.07, 6.45) is 12.2. The number of carbonyl (C=O) groups excluding carboxylic acids is 1. The van der Waals surface area contributed by atoms with Crippen LogP contribution in [0.3, 0.4) is 0 Å². The topological polar surface area (TPSA) is 30.0 Å². The molecule has 0 spiro atoms. The van der Waals surface area contributed by atoms with Crippen LogP contribution < -0.4 is 0 Å². The fourth-order valence-electron chi connectivity index (χ4n) is 4.24. The summed E-state index contributed by atoms with van der Waals surface area (Å²) in [5.41, 5.74) is 5.17. The van der Waals surface area contributed by atoms with E-state index in [1.54, 1.807) is 6.20 Å². The molecule has 3 aromatic rings. The number of aryl methyl sites for hydroxylation is 1. The van der Waals surface area contributed by atoms with E-state index in [1.807, 2.05) is 24.3 Å². The summed E-state index contributed by atoms with van der Waals surface area (Å²) in [7, 11) is 0. The Kier molecular flexibility index (Phi) is 5.10. The van der Waals surface area contributed by atoms with Crippen molar-refractivity contribution in [1.29, 1.82) is 0 Å². The minimum atomic E-state index is 0.647. The SMILES string of the molecule is O=Cc1ccc(-c2ccc(CCC3CCCCC3)cc2)c2cccnc12. The van der Waals surface area contributed by atoms with Gasteiger partial charge in [-0.15, -0.1) is 0 Å². The number of hydrogen-bond donors (Lipinski definition) is 0. The molecule has 0 aliphatic heterocycles. The van der Waals surface area contributed by atoms with Crippen molar-refractivity contribution in [2.45, 2.75) is 44.9 Å². The van der Waals surface area contributed by atoms with E-state index in [4.69, 9.17) is 0 Å². The standard InChI is InChI=1S/C24H25NO/c26-17-21-14-15-22(23-7-4-16-25-24(21)23)20-12-10-19(11-13-20)9-8-18-5-2-1-3-6-18/h4,7,10-18H,1-3,5-6,8-9H2. The van der Waals surface area contributed by atoms with Gasteiger partial charge in [-0.3, -0.25) is 9.78 Å². The Morgan fingerprint density at radius 1 is 0.962 bits per heavy atom. The lowest BCUT2D eigenvalue weighted by atomic mass is 9.85. The van der Waals surface area contributed by atoms with Crippen molar-refractivity contribution in [2.24, 2.45) is 5.92 Å². The smallest absolute Gasteiger partial charge is 0.152 e. The van der Waals surface area contributed by atoms with Crippen molar-refractivity contribution in [1.82, 2.24) is 4.98 Å². The van der Waals surface area contributed by atoms with Crippen LogP contribution in [0.25, 0.3) is 22.0 Å². The van der Waals surface area contributed by atoms with Gasteiger partial charge in [0.2, 0.25) is 0 Å². The lowest BCUT2D eigenvalue weighted by molar-refractivity contribution is 0.112. The van der Waals surface area contributed by atoms with Crippen LogP contribution in [-0.2, 0) is 6.42 Å². The van der Waals surface area contributed by atoms with Crippen LogP contribution in [0.2, 0.25) is 0 Å². The van der Waals surface area contributed by atoms with Gasteiger partial charge in [0.25, 0.3) is 0 Å². The molecule has 1 aliphatic carbocycles. The average Bonchev–Trinajstić information content (AvgIpc) is 2.72. The van der Waals surface area contributed by atoms with Crippen molar-refractivity contribution >= 4 is 17.2 Å². The number of aromatic nitrogens is 1. The van der Waals surface area contributed by atoms with E-state index < -0.39 is 0 Å². The minimum absolute atomic E-state index is 0.647. The molecule has 0 bridgehead atoms. The summed E-state index contributed by atoms with van der Waals surface area (Å²) in [4.78, 5) is 15.7. The summed E-state index contributed by atoms with van der Waals surface area (Å²) >= 11 is 0. The minimum Gasteiger partial charge on any atom is -0.298 e. The molecule has 2 aromatic carbocycles. The molecule has 0 unspecified atom stereocenters. The van der Waals surface area contributed by atoms with E-state index >= 15 is 0 Å². The van der Waals surface area contributed by atoms with Crippen LogP contribution in [0.15, 0.2) is 54.7 Å². The first kappa shape index (κ1) is 17.0. The quantitative estimate of drug-likeness (QED) is 0.514. The number of nitrogens with zero attached hydrogens (tertiary/aromatic N) is 1. The Bertz CT molecular complexity index is 892. The van der Waals surface area contributed by atoms with Gasteiger partial charge < -0.3 is 0 Å². The molecule has 132 valence electrons. The number of carbonyl (C=O) groups is 1. The largest absolute Gasteiger partial charge is 0.298 e. The van der Waals surface area contributed by atoms with Crippen molar-refractivity contribution in [3.8, 4) is 11.1 Å². The van der Waals surface area contributed by atoms with E-state index in [2.05, 4.69) is 29.2 Å². The van der Waals surface area contributed by atoms with Crippen molar-refractivity contribution in [3.63, 3.8) is 0 Å². The van der Waals surface area contributed by atoms with Crippen molar-refractivity contribution in [3.05, 3.63) is 65.9 Å². The first-order chi connectivity index (χ1) is 12.8. The molecular formula is C24H25NO. The Morgan fingerprint density at radius 3 is 2.54 bits per heavy atom. The van der Waals surface area contributed by atoms with Crippen molar-refractivity contribution < 1.29 is 4.79 Å².